The topological polar surface area (TPSA) is 105 Å². The van der Waals surface area contributed by atoms with Crippen LogP contribution in [0.1, 0.15) is 25.3 Å². The highest BCUT2D eigenvalue weighted by molar-refractivity contribution is 7.89. The monoisotopic (exact) mass is 463 g/mol. The fourth-order valence-electron chi connectivity index (χ4n) is 3.67. The number of ether oxygens (including phenoxy) is 1. The smallest absolute Gasteiger partial charge is 0.265 e. The quantitative estimate of drug-likeness (QED) is 0.724. The lowest BCUT2D eigenvalue weighted by molar-refractivity contribution is -0.122. The zero-order valence-electron chi connectivity index (χ0n) is 17.0. The molecule has 0 aromatic heterocycles. The zero-order chi connectivity index (χ0) is 22.3. The molecule has 2 atom stereocenters. The van der Waals surface area contributed by atoms with Crippen molar-refractivity contribution in [3.05, 3.63) is 47.0 Å². The van der Waals surface area contributed by atoms with Crippen LogP contribution in [-0.2, 0) is 19.6 Å². The maximum atomic E-state index is 13.3. The van der Waals surface area contributed by atoms with Gasteiger partial charge in [0.1, 0.15) is 11.8 Å². The number of aryl methyl sites for hydroxylation is 1. The fraction of sp³-hybridized carbons (Fsp3) is 0.333. The number of rotatable bonds is 4. The first-order chi connectivity index (χ1) is 14.7. The predicted octanol–water partition coefficient (Wildman–Crippen LogP) is 3.16. The summed E-state index contributed by atoms with van der Waals surface area (Å²) in [5.74, 6) is -0.361. The van der Waals surface area contributed by atoms with Crippen LogP contribution in [0.2, 0.25) is 5.02 Å². The number of nitrogens with one attached hydrogen (secondary N) is 2. The zero-order valence-corrected chi connectivity index (χ0v) is 18.6. The molecular weight excluding hydrogens is 442 g/mol. The summed E-state index contributed by atoms with van der Waals surface area (Å²) in [7, 11) is -3.96. The molecule has 0 bridgehead atoms. The molecule has 10 heteroatoms. The van der Waals surface area contributed by atoms with Gasteiger partial charge in [-0.15, -0.1) is 0 Å². The Morgan fingerprint density at radius 3 is 2.77 bits per heavy atom. The van der Waals surface area contributed by atoms with Gasteiger partial charge in [-0.25, -0.2) is 8.42 Å². The summed E-state index contributed by atoms with van der Waals surface area (Å²) in [5.41, 5.74) is 1.67. The lowest BCUT2D eigenvalue weighted by Gasteiger charge is -2.26. The molecule has 2 aromatic rings. The molecule has 1 fully saturated rings. The minimum absolute atomic E-state index is 0.0113. The molecule has 164 valence electrons. The van der Waals surface area contributed by atoms with Crippen molar-refractivity contribution in [2.45, 2.75) is 43.7 Å². The number of carbonyl (C=O) groups is 2. The van der Waals surface area contributed by atoms with E-state index in [-0.39, 0.29) is 17.3 Å². The second kappa shape index (κ2) is 8.14. The number of fused-ring (bicyclic) bond motifs is 1. The van der Waals surface area contributed by atoms with Crippen molar-refractivity contribution in [3.8, 4) is 5.75 Å². The maximum Gasteiger partial charge on any atom is 0.265 e. The molecule has 2 aliphatic heterocycles. The first kappa shape index (κ1) is 21.6. The van der Waals surface area contributed by atoms with E-state index in [2.05, 4.69) is 10.6 Å². The molecule has 0 saturated carbocycles. The van der Waals surface area contributed by atoms with Crippen LogP contribution in [0.5, 0.6) is 5.75 Å². The van der Waals surface area contributed by atoms with Gasteiger partial charge in [0.25, 0.3) is 5.91 Å². The summed E-state index contributed by atoms with van der Waals surface area (Å²) in [6.07, 6.45) is 0.318. The SMILES string of the molecule is Cc1ccc(NC(=O)[C@@H]2CCCN2S(=O)(=O)c2ccc3c(c2)NC(=O)[C@@H](C)O3)cc1Cl. The molecule has 2 aliphatic rings. The largest absolute Gasteiger partial charge is 0.479 e. The molecule has 0 spiro atoms. The Morgan fingerprint density at radius 1 is 1.26 bits per heavy atom. The van der Waals surface area contributed by atoms with Gasteiger partial charge in [0.15, 0.2) is 6.10 Å². The molecule has 2 aromatic carbocycles. The van der Waals surface area contributed by atoms with E-state index in [1.54, 1.807) is 25.1 Å². The van der Waals surface area contributed by atoms with Crippen molar-refractivity contribution >= 4 is 44.8 Å². The lowest BCUT2D eigenvalue weighted by Crippen LogP contribution is -2.43. The summed E-state index contributed by atoms with van der Waals surface area (Å²) in [5, 5.41) is 5.93. The summed E-state index contributed by atoms with van der Waals surface area (Å²) in [6.45, 7) is 3.69. The Labute approximate surface area is 185 Å². The van der Waals surface area contributed by atoms with Crippen LogP contribution >= 0.6 is 11.6 Å². The van der Waals surface area contributed by atoms with E-state index in [0.29, 0.717) is 35.0 Å². The van der Waals surface area contributed by atoms with Gasteiger partial charge < -0.3 is 15.4 Å². The number of benzene rings is 2. The first-order valence-electron chi connectivity index (χ1n) is 9.87. The van der Waals surface area contributed by atoms with Gasteiger partial charge in [-0.05, 0) is 62.6 Å². The van der Waals surface area contributed by atoms with Gasteiger partial charge in [-0.3, -0.25) is 9.59 Å². The number of carbonyl (C=O) groups excluding carboxylic acids is 2. The molecule has 0 unspecified atom stereocenters. The number of halogens is 1. The standard InChI is InChI=1S/C21H22ClN3O5S/c1-12-5-6-14(10-16(12)22)23-21(27)18-4-3-9-25(18)31(28,29)15-7-8-19-17(11-15)24-20(26)13(2)30-19/h5-8,10-11,13,18H,3-4,9H2,1-2H3,(H,23,27)(H,24,26)/t13-,18+/m1/s1. The van der Waals surface area contributed by atoms with Gasteiger partial charge in [0.2, 0.25) is 15.9 Å². The minimum atomic E-state index is -3.96. The Balaban J connectivity index is 1.57. The van der Waals surface area contributed by atoms with Crippen LogP contribution < -0.4 is 15.4 Å². The van der Waals surface area contributed by atoms with E-state index >= 15 is 0 Å². The molecule has 2 amide bonds. The molecule has 31 heavy (non-hydrogen) atoms. The van der Waals surface area contributed by atoms with E-state index in [9.17, 15) is 18.0 Å². The van der Waals surface area contributed by atoms with Crippen molar-refractivity contribution in [2.75, 3.05) is 17.2 Å². The molecule has 1 saturated heterocycles. The van der Waals surface area contributed by atoms with Gasteiger partial charge >= 0.3 is 0 Å². The third kappa shape index (κ3) is 4.13. The summed E-state index contributed by atoms with van der Waals surface area (Å²) in [6, 6.07) is 8.60. The van der Waals surface area contributed by atoms with E-state index in [1.807, 2.05) is 6.92 Å². The number of hydrogen-bond acceptors (Lipinski definition) is 5. The number of amides is 2. The second-order valence-electron chi connectivity index (χ2n) is 7.63. The van der Waals surface area contributed by atoms with Crippen LogP contribution in [0.3, 0.4) is 0 Å². The van der Waals surface area contributed by atoms with Crippen molar-refractivity contribution in [1.29, 1.82) is 0 Å². The highest BCUT2D eigenvalue weighted by Gasteiger charge is 2.40. The van der Waals surface area contributed by atoms with Gasteiger partial charge in [0, 0.05) is 17.3 Å². The van der Waals surface area contributed by atoms with Crippen molar-refractivity contribution in [1.82, 2.24) is 4.31 Å². The molecule has 2 heterocycles. The molecule has 4 rings (SSSR count). The molecule has 0 aliphatic carbocycles. The van der Waals surface area contributed by atoms with Crippen LogP contribution in [-0.4, -0.2) is 43.2 Å². The highest BCUT2D eigenvalue weighted by Crippen LogP contribution is 2.34. The summed E-state index contributed by atoms with van der Waals surface area (Å²) in [4.78, 5) is 24.7. The van der Waals surface area contributed by atoms with Gasteiger partial charge in [-0.2, -0.15) is 4.31 Å². The first-order valence-corrected chi connectivity index (χ1v) is 11.7. The number of nitrogens with zero attached hydrogens (tertiary/aromatic N) is 1. The summed E-state index contributed by atoms with van der Waals surface area (Å²) < 4.78 is 33.3. The number of sulfonamides is 1. The third-order valence-corrected chi connectivity index (χ3v) is 7.75. The number of hydrogen-bond donors (Lipinski definition) is 2. The minimum Gasteiger partial charge on any atom is -0.479 e. The van der Waals surface area contributed by atoms with Crippen LogP contribution in [0.25, 0.3) is 0 Å². The predicted molar refractivity (Wildman–Crippen MR) is 117 cm³/mol. The lowest BCUT2D eigenvalue weighted by atomic mass is 10.2. The molecular formula is C21H22ClN3O5S. The van der Waals surface area contributed by atoms with Crippen LogP contribution in [0, 0.1) is 6.92 Å². The Hall–Kier alpha value is -2.62. The van der Waals surface area contributed by atoms with E-state index in [4.69, 9.17) is 16.3 Å². The molecule has 2 N–H and O–H groups in total. The van der Waals surface area contributed by atoms with Crippen molar-refractivity contribution in [2.24, 2.45) is 0 Å². The Kier molecular flexibility index (Phi) is 5.67. The Bertz CT molecular complexity index is 1170. The third-order valence-electron chi connectivity index (χ3n) is 5.43. The van der Waals surface area contributed by atoms with Crippen LogP contribution in [0.15, 0.2) is 41.3 Å². The average molecular weight is 464 g/mol. The summed E-state index contributed by atoms with van der Waals surface area (Å²) >= 11 is 6.12. The second-order valence-corrected chi connectivity index (χ2v) is 9.93. The van der Waals surface area contributed by atoms with E-state index in [1.165, 1.54) is 22.5 Å². The van der Waals surface area contributed by atoms with E-state index in [0.717, 1.165) is 5.56 Å². The Morgan fingerprint density at radius 2 is 2.03 bits per heavy atom. The van der Waals surface area contributed by atoms with E-state index < -0.39 is 28.1 Å². The van der Waals surface area contributed by atoms with Crippen molar-refractivity contribution < 1.29 is 22.7 Å². The van der Waals surface area contributed by atoms with Gasteiger partial charge in [0.05, 0.1) is 10.6 Å². The number of anilines is 2. The molecule has 0 radical (unpaired) electrons. The highest BCUT2D eigenvalue weighted by atomic mass is 35.5. The average Bonchev–Trinajstić information content (AvgIpc) is 3.22. The van der Waals surface area contributed by atoms with Crippen molar-refractivity contribution in [3.63, 3.8) is 0 Å². The van der Waals surface area contributed by atoms with Gasteiger partial charge in [-0.1, -0.05) is 17.7 Å². The normalized spacial score (nSPS) is 21.2. The fourth-order valence-corrected chi connectivity index (χ4v) is 5.53. The molecule has 8 nitrogen and oxygen atoms in total. The maximum absolute atomic E-state index is 13.3. The van der Waals surface area contributed by atoms with Crippen LogP contribution in [0.4, 0.5) is 11.4 Å².